The number of aromatic nitrogens is 2. The Morgan fingerprint density at radius 1 is 1.10 bits per heavy atom. The van der Waals surface area contributed by atoms with Crippen LogP contribution in [0.4, 0.5) is 0 Å². The molecule has 0 bridgehead atoms. The summed E-state index contributed by atoms with van der Waals surface area (Å²) in [5.74, 6) is -0.719. The summed E-state index contributed by atoms with van der Waals surface area (Å²) in [6.07, 6.45) is 0. The van der Waals surface area contributed by atoms with Gasteiger partial charge in [0.2, 0.25) is 0 Å². The highest BCUT2D eigenvalue weighted by Gasteiger charge is 2.15. The number of fused-ring (bicyclic) bond motifs is 2. The Hall–Kier alpha value is -3.32. The fourth-order valence-corrected chi connectivity index (χ4v) is 4.68. The van der Waals surface area contributed by atoms with Gasteiger partial charge in [-0.05, 0) is 69.2 Å². The van der Waals surface area contributed by atoms with Crippen LogP contribution in [-0.4, -0.2) is 28.0 Å². The zero-order valence-corrected chi connectivity index (χ0v) is 18.7. The maximum Gasteiger partial charge on any atom is 0.326 e. The molecule has 0 spiro atoms. The van der Waals surface area contributed by atoms with Gasteiger partial charge in [-0.3, -0.25) is 14.6 Å². The zero-order chi connectivity index (χ0) is 22.1. The van der Waals surface area contributed by atoms with E-state index in [2.05, 4.69) is 16.0 Å². The summed E-state index contributed by atoms with van der Waals surface area (Å²) in [4.78, 5) is 34.6. The molecule has 0 saturated carbocycles. The van der Waals surface area contributed by atoms with Crippen LogP contribution in [0.2, 0.25) is 0 Å². The average molecular weight is 434 g/mol. The summed E-state index contributed by atoms with van der Waals surface area (Å²) < 4.78 is 7.90. The Kier molecular flexibility index (Phi) is 5.69. The van der Waals surface area contributed by atoms with Gasteiger partial charge < -0.3 is 9.30 Å². The molecule has 1 amide bonds. The molecule has 158 valence electrons. The molecule has 0 radical (unpaired) electrons. The molecule has 0 saturated heterocycles. The van der Waals surface area contributed by atoms with Gasteiger partial charge in [0.05, 0.1) is 22.3 Å². The van der Waals surface area contributed by atoms with Crippen LogP contribution in [0.25, 0.3) is 21.1 Å². The van der Waals surface area contributed by atoms with Crippen molar-refractivity contribution < 1.29 is 14.3 Å². The predicted octanol–water partition coefficient (Wildman–Crippen LogP) is 4.48. The van der Waals surface area contributed by atoms with Crippen LogP contribution < -0.4 is 4.80 Å². The van der Waals surface area contributed by atoms with Crippen LogP contribution >= 0.6 is 11.3 Å². The van der Waals surface area contributed by atoms with Gasteiger partial charge in [0.1, 0.15) is 6.54 Å². The third-order valence-corrected chi connectivity index (χ3v) is 6.21. The number of carbonyl (C=O) groups excluding carboxylic acids is 2. The predicted molar refractivity (Wildman–Crippen MR) is 122 cm³/mol. The highest BCUT2D eigenvalue weighted by Crippen LogP contribution is 2.24. The number of nitrogens with zero attached hydrogens (tertiary/aromatic N) is 3. The molecule has 4 aromatic rings. The molecule has 0 aliphatic carbocycles. The molecule has 7 heteroatoms. The van der Waals surface area contributed by atoms with E-state index in [1.807, 2.05) is 45.0 Å². The number of thiazole rings is 1. The summed E-state index contributed by atoms with van der Waals surface area (Å²) in [6, 6.07) is 13.3. The summed E-state index contributed by atoms with van der Waals surface area (Å²) >= 11 is 1.40. The van der Waals surface area contributed by atoms with Crippen molar-refractivity contribution in [2.45, 2.75) is 34.2 Å². The number of amides is 1. The van der Waals surface area contributed by atoms with Crippen LogP contribution in [0.15, 0.2) is 47.5 Å². The van der Waals surface area contributed by atoms with Crippen LogP contribution in [0, 0.1) is 20.8 Å². The molecular formula is C24H23N3O3S. The van der Waals surface area contributed by atoms with E-state index < -0.39 is 0 Å². The number of rotatable bonds is 4. The molecule has 0 N–H and O–H groups in total. The lowest BCUT2D eigenvalue weighted by Gasteiger charge is -2.06. The van der Waals surface area contributed by atoms with Crippen LogP contribution in [0.5, 0.6) is 0 Å². The first-order valence-corrected chi connectivity index (χ1v) is 10.9. The molecule has 2 heterocycles. The number of pyridine rings is 1. The van der Waals surface area contributed by atoms with Crippen LogP contribution in [-0.2, 0) is 16.1 Å². The van der Waals surface area contributed by atoms with Gasteiger partial charge in [0.25, 0.3) is 5.91 Å². The lowest BCUT2D eigenvalue weighted by molar-refractivity contribution is -0.143. The Morgan fingerprint density at radius 3 is 2.68 bits per heavy atom. The van der Waals surface area contributed by atoms with Gasteiger partial charge in [-0.1, -0.05) is 23.5 Å². The van der Waals surface area contributed by atoms with E-state index in [-0.39, 0.29) is 18.4 Å². The van der Waals surface area contributed by atoms with Crippen molar-refractivity contribution in [2.75, 3.05) is 6.61 Å². The van der Waals surface area contributed by atoms with Gasteiger partial charge in [-0.2, -0.15) is 4.99 Å². The summed E-state index contributed by atoms with van der Waals surface area (Å²) in [5, 5.41) is 0.883. The number of ether oxygens (including phenoxy) is 1. The molecule has 0 aliphatic rings. The monoisotopic (exact) mass is 433 g/mol. The minimum atomic E-state index is -0.360. The summed E-state index contributed by atoms with van der Waals surface area (Å²) in [7, 11) is 0. The van der Waals surface area contributed by atoms with Crippen LogP contribution in [0.1, 0.15) is 34.1 Å². The van der Waals surface area contributed by atoms with E-state index in [4.69, 9.17) is 4.74 Å². The first kappa shape index (κ1) is 20.9. The summed E-state index contributed by atoms with van der Waals surface area (Å²) in [6.45, 7) is 8.03. The van der Waals surface area contributed by atoms with Crippen molar-refractivity contribution in [1.82, 2.24) is 9.55 Å². The molecule has 6 nitrogen and oxygen atoms in total. The van der Waals surface area contributed by atoms with Crippen LogP contribution in [0.3, 0.4) is 0 Å². The van der Waals surface area contributed by atoms with Gasteiger partial charge in [0, 0.05) is 16.6 Å². The van der Waals surface area contributed by atoms with Gasteiger partial charge >= 0.3 is 5.97 Å². The van der Waals surface area contributed by atoms with E-state index in [1.165, 1.54) is 11.3 Å². The lowest BCUT2D eigenvalue weighted by Crippen LogP contribution is -2.23. The lowest BCUT2D eigenvalue weighted by atomic mass is 10.1. The number of benzene rings is 2. The molecule has 0 fully saturated rings. The van der Waals surface area contributed by atoms with Crippen molar-refractivity contribution in [3.8, 4) is 0 Å². The second-order valence-corrected chi connectivity index (χ2v) is 8.46. The first-order chi connectivity index (χ1) is 14.9. The van der Waals surface area contributed by atoms with Gasteiger partial charge in [0.15, 0.2) is 4.80 Å². The number of esters is 1. The molecule has 2 aromatic carbocycles. The van der Waals surface area contributed by atoms with E-state index in [0.29, 0.717) is 17.0 Å². The quantitative estimate of drug-likeness (QED) is 0.445. The topological polar surface area (TPSA) is 73.6 Å². The zero-order valence-electron chi connectivity index (χ0n) is 17.9. The summed E-state index contributed by atoms with van der Waals surface area (Å²) in [5.41, 5.74) is 5.27. The number of hydrogen-bond acceptors (Lipinski definition) is 5. The third-order valence-electron chi connectivity index (χ3n) is 4.98. The Bertz CT molecular complexity index is 1400. The number of aryl methyl sites for hydroxylation is 3. The van der Waals surface area contributed by atoms with Crippen molar-refractivity contribution >= 4 is 44.3 Å². The number of hydrogen-bond donors (Lipinski definition) is 0. The molecule has 2 aromatic heterocycles. The van der Waals surface area contributed by atoms with E-state index >= 15 is 0 Å². The second-order valence-electron chi connectivity index (χ2n) is 7.48. The highest BCUT2D eigenvalue weighted by molar-refractivity contribution is 7.16. The highest BCUT2D eigenvalue weighted by atomic mass is 32.1. The molecule has 4 rings (SSSR count). The SMILES string of the molecule is CCOC(=O)Cn1c(=NC(=O)c2ccc3nc(C)ccc3c2)sc2c(C)cc(C)cc21. The Balaban J connectivity index is 1.83. The molecule has 31 heavy (non-hydrogen) atoms. The minimum Gasteiger partial charge on any atom is -0.465 e. The Morgan fingerprint density at radius 2 is 1.90 bits per heavy atom. The van der Waals surface area contributed by atoms with E-state index in [9.17, 15) is 9.59 Å². The molecular weight excluding hydrogens is 410 g/mol. The second kappa shape index (κ2) is 8.43. The van der Waals surface area contributed by atoms with Gasteiger partial charge in [-0.15, -0.1) is 0 Å². The molecule has 0 atom stereocenters. The van der Waals surface area contributed by atoms with Crippen molar-refractivity contribution in [2.24, 2.45) is 4.99 Å². The molecule has 0 aliphatic heterocycles. The largest absolute Gasteiger partial charge is 0.465 e. The maximum absolute atomic E-state index is 13.0. The standard InChI is InChI=1S/C24H23N3O3S/c1-5-30-21(28)13-27-20-11-14(2)10-15(3)22(20)31-24(27)26-23(29)18-8-9-19-17(12-18)7-6-16(4)25-19/h6-12H,5,13H2,1-4H3. The fourth-order valence-electron chi connectivity index (χ4n) is 3.60. The third kappa shape index (κ3) is 4.27. The van der Waals surface area contributed by atoms with E-state index in [0.717, 1.165) is 37.9 Å². The maximum atomic E-state index is 13.0. The normalized spacial score (nSPS) is 11.9. The first-order valence-electron chi connectivity index (χ1n) is 10.1. The van der Waals surface area contributed by atoms with Gasteiger partial charge in [-0.25, -0.2) is 0 Å². The van der Waals surface area contributed by atoms with E-state index in [1.54, 1.807) is 23.6 Å². The Labute approximate surface area is 183 Å². The van der Waals surface area contributed by atoms with Crippen molar-refractivity contribution in [3.63, 3.8) is 0 Å². The number of carbonyl (C=O) groups is 2. The minimum absolute atomic E-state index is 0.00373. The van der Waals surface area contributed by atoms with Crippen molar-refractivity contribution in [3.05, 3.63) is 69.7 Å². The fraction of sp³-hybridized carbons (Fsp3) is 0.250. The average Bonchev–Trinajstić information content (AvgIpc) is 3.05. The van der Waals surface area contributed by atoms with Crippen molar-refractivity contribution in [1.29, 1.82) is 0 Å². The smallest absolute Gasteiger partial charge is 0.326 e. The molecule has 0 unspecified atom stereocenters.